The van der Waals surface area contributed by atoms with Gasteiger partial charge in [0.15, 0.2) is 0 Å². The van der Waals surface area contributed by atoms with Crippen LogP contribution in [-0.4, -0.2) is 28.9 Å². The van der Waals surface area contributed by atoms with Gasteiger partial charge in [0.1, 0.15) is 0 Å². The average molecular weight is 335 g/mol. The largest absolute Gasteiger partial charge is 0.351 e. The van der Waals surface area contributed by atoms with Crippen molar-refractivity contribution >= 4 is 5.91 Å². The molecule has 1 aliphatic heterocycles. The molecule has 1 saturated heterocycles. The second kappa shape index (κ2) is 6.96. The van der Waals surface area contributed by atoms with Gasteiger partial charge in [0, 0.05) is 25.5 Å². The second-order valence-electron chi connectivity index (χ2n) is 7.25. The molecular formula is C21H25N3O. The summed E-state index contributed by atoms with van der Waals surface area (Å²) in [7, 11) is 0. The molecule has 2 aromatic rings. The molecular weight excluding hydrogens is 310 g/mol. The van der Waals surface area contributed by atoms with Gasteiger partial charge in [-0.15, -0.1) is 0 Å². The number of benzene rings is 1. The number of pyridine rings is 1. The molecule has 0 bridgehead atoms. The first-order valence-corrected chi connectivity index (χ1v) is 9.25. The fourth-order valence-electron chi connectivity index (χ4n) is 4.63. The standard InChI is InChI=1S/C21H25N3O/c25-20(23-14-17-7-6-12-22-13-17)16-24-15-19-10-4-5-11-21(19,24)18-8-2-1-3-9-18/h1-3,6-9,12-13,19H,4-5,10-11,14-16H2,(H,23,25). The summed E-state index contributed by atoms with van der Waals surface area (Å²) in [5.74, 6) is 0.790. The van der Waals surface area contributed by atoms with E-state index in [-0.39, 0.29) is 11.4 Å². The van der Waals surface area contributed by atoms with Crippen molar-refractivity contribution in [2.75, 3.05) is 13.1 Å². The van der Waals surface area contributed by atoms with Crippen LogP contribution in [0, 0.1) is 5.92 Å². The molecule has 25 heavy (non-hydrogen) atoms. The lowest BCUT2D eigenvalue weighted by Crippen LogP contribution is -2.67. The molecule has 1 N–H and O–H groups in total. The summed E-state index contributed by atoms with van der Waals surface area (Å²) < 4.78 is 0. The van der Waals surface area contributed by atoms with E-state index in [0.717, 1.165) is 18.5 Å². The Bertz CT molecular complexity index is 718. The number of carbonyl (C=O) groups excluding carboxylic acids is 1. The Kier molecular flexibility index (Phi) is 4.53. The summed E-state index contributed by atoms with van der Waals surface area (Å²) >= 11 is 0. The zero-order chi connectivity index (χ0) is 17.1. The fraction of sp³-hybridized carbons (Fsp3) is 0.429. The highest BCUT2D eigenvalue weighted by atomic mass is 16.2. The minimum atomic E-state index is 0.0746. The minimum absolute atomic E-state index is 0.0746. The van der Waals surface area contributed by atoms with Gasteiger partial charge in [-0.2, -0.15) is 0 Å². The van der Waals surface area contributed by atoms with E-state index in [1.165, 1.54) is 24.8 Å². The summed E-state index contributed by atoms with van der Waals surface area (Å²) in [5.41, 5.74) is 2.49. The SMILES string of the molecule is O=C(CN1CC2CCCCC21c1ccccc1)NCc1cccnc1. The van der Waals surface area contributed by atoms with E-state index in [1.54, 1.807) is 12.4 Å². The third-order valence-electron chi connectivity index (χ3n) is 5.86. The molecule has 2 heterocycles. The van der Waals surface area contributed by atoms with Gasteiger partial charge in [0.05, 0.1) is 12.1 Å². The first-order chi connectivity index (χ1) is 12.3. The van der Waals surface area contributed by atoms with Crippen molar-refractivity contribution in [1.82, 2.24) is 15.2 Å². The van der Waals surface area contributed by atoms with Crippen LogP contribution in [0.4, 0.5) is 0 Å². The smallest absolute Gasteiger partial charge is 0.234 e. The van der Waals surface area contributed by atoms with Crippen molar-refractivity contribution in [3.05, 3.63) is 66.0 Å². The number of nitrogens with zero attached hydrogens (tertiary/aromatic N) is 2. The molecule has 0 spiro atoms. The quantitative estimate of drug-likeness (QED) is 0.913. The Morgan fingerprint density at radius 2 is 2.08 bits per heavy atom. The Balaban J connectivity index is 1.44. The number of rotatable bonds is 5. The van der Waals surface area contributed by atoms with Gasteiger partial charge in [0.2, 0.25) is 5.91 Å². The molecule has 1 saturated carbocycles. The van der Waals surface area contributed by atoms with Gasteiger partial charge in [0.25, 0.3) is 0 Å². The topological polar surface area (TPSA) is 45.2 Å². The molecule has 4 heteroatoms. The summed E-state index contributed by atoms with van der Waals surface area (Å²) in [6, 6.07) is 14.7. The van der Waals surface area contributed by atoms with Crippen molar-refractivity contribution in [2.24, 2.45) is 5.92 Å². The Morgan fingerprint density at radius 1 is 1.20 bits per heavy atom. The summed E-state index contributed by atoms with van der Waals surface area (Å²) in [4.78, 5) is 19.0. The summed E-state index contributed by atoms with van der Waals surface area (Å²) in [6.45, 7) is 2.06. The first-order valence-electron chi connectivity index (χ1n) is 9.25. The zero-order valence-electron chi connectivity index (χ0n) is 14.5. The minimum Gasteiger partial charge on any atom is -0.351 e. The van der Waals surface area contributed by atoms with Gasteiger partial charge in [-0.3, -0.25) is 14.7 Å². The van der Waals surface area contributed by atoms with E-state index in [4.69, 9.17) is 0 Å². The van der Waals surface area contributed by atoms with Crippen LogP contribution in [0.3, 0.4) is 0 Å². The van der Waals surface area contributed by atoms with E-state index >= 15 is 0 Å². The number of likely N-dealkylation sites (tertiary alicyclic amines) is 1. The molecule has 1 amide bonds. The molecule has 130 valence electrons. The van der Waals surface area contributed by atoms with Crippen LogP contribution in [-0.2, 0) is 16.9 Å². The molecule has 0 radical (unpaired) electrons. The van der Waals surface area contributed by atoms with E-state index in [1.807, 2.05) is 12.1 Å². The Hall–Kier alpha value is -2.20. The van der Waals surface area contributed by atoms with Crippen LogP contribution in [0.25, 0.3) is 0 Å². The van der Waals surface area contributed by atoms with E-state index in [2.05, 4.69) is 45.5 Å². The number of amides is 1. The third kappa shape index (κ3) is 3.07. The molecule has 4 nitrogen and oxygen atoms in total. The van der Waals surface area contributed by atoms with Crippen molar-refractivity contribution in [1.29, 1.82) is 0 Å². The van der Waals surface area contributed by atoms with Crippen molar-refractivity contribution in [3.63, 3.8) is 0 Å². The molecule has 4 rings (SSSR count). The highest BCUT2D eigenvalue weighted by molar-refractivity contribution is 5.78. The molecule has 2 aliphatic rings. The summed E-state index contributed by atoms with van der Waals surface area (Å²) in [5, 5.41) is 3.04. The third-order valence-corrected chi connectivity index (χ3v) is 5.86. The first kappa shape index (κ1) is 16.3. The van der Waals surface area contributed by atoms with Gasteiger partial charge < -0.3 is 5.32 Å². The van der Waals surface area contributed by atoms with Gasteiger partial charge >= 0.3 is 0 Å². The van der Waals surface area contributed by atoms with E-state index in [0.29, 0.717) is 19.0 Å². The maximum atomic E-state index is 12.5. The summed E-state index contributed by atoms with van der Waals surface area (Å²) in [6.07, 6.45) is 8.56. The molecule has 1 aromatic carbocycles. The van der Waals surface area contributed by atoms with Crippen molar-refractivity contribution in [3.8, 4) is 0 Å². The molecule has 1 aliphatic carbocycles. The second-order valence-corrected chi connectivity index (χ2v) is 7.25. The number of hydrogen-bond acceptors (Lipinski definition) is 3. The van der Waals surface area contributed by atoms with Crippen LogP contribution in [0.15, 0.2) is 54.9 Å². The van der Waals surface area contributed by atoms with Gasteiger partial charge in [-0.25, -0.2) is 0 Å². The predicted molar refractivity (Wildman–Crippen MR) is 97.7 cm³/mol. The number of hydrogen-bond donors (Lipinski definition) is 1. The number of fused-ring (bicyclic) bond motifs is 1. The normalized spacial score (nSPS) is 25.7. The number of carbonyl (C=O) groups is 1. The van der Waals surface area contributed by atoms with Gasteiger partial charge in [-0.05, 0) is 36.0 Å². The van der Waals surface area contributed by atoms with Gasteiger partial charge in [-0.1, -0.05) is 49.2 Å². The molecule has 1 aromatic heterocycles. The predicted octanol–water partition coefficient (Wildman–Crippen LogP) is 3.10. The highest BCUT2D eigenvalue weighted by Crippen LogP contribution is 2.53. The van der Waals surface area contributed by atoms with Crippen molar-refractivity contribution < 1.29 is 4.79 Å². The lowest BCUT2D eigenvalue weighted by molar-refractivity contribution is -0.142. The van der Waals surface area contributed by atoms with Crippen LogP contribution in [0.2, 0.25) is 0 Å². The fourth-order valence-corrected chi connectivity index (χ4v) is 4.63. The van der Waals surface area contributed by atoms with Crippen LogP contribution in [0.5, 0.6) is 0 Å². The maximum absolute atomic E-state index is 12.5. The lowest BCUT2D eigenvalue weighted by Gasteiger charge is -2.61. The lowest BCUT2D eigenvalue weighted by atomic mass is 9.62. The number of aromatic nitrogens is 1. The van der Waals surface area contributed by atoms with Crippen LogP contribution < -0.4 is 5.32 Å². The van der Waals surface area contributed by atoms with Crippen molar-refractivity contribution in [2.45, 2.75) is 37.8 Å². The van der Waals surface area contributed by atoms with E-state index < -0.39 is 0 Å². The van der Waals surface area contributed by atoms with Crippen LogP contribution in [0.1, 0.15) is 36.8 Å². The highest BCUT2D eigenvalue weighted by Gasteiger charge is 2.55. The Labute approximate surface area is 149 Å². The maximum Gasteiger partial charge on any atom is 0.234 e. The molecule has 2 atom stereocenters. The molecule has 2 unspecified atom stereocenters. The Morgan fingerprint density at radius 3 is 2.84 bits per heavy atom. The monoisotopic (exact) mass is 335 g/mol. The molecule has 2 fully saturated rings. The number of nitrogens with one attached hydrogen (secondary N) is 1. The van der Waals surface area contributed by atoms with Crippen LogP contribution >= 0.6 is 0 Å². The van der Waals surface area contributed by atoms with E-state index in [9.17, 15) is 4.79 Å². The zero-order valence-corrected chi connectivity index (χ0v) is 14.5. The average Bonchev–Trinajstić information content (AvgIpc) is 2.66.